The lowest BCUT2D eigenvalue weighted by atomic mass is 9.79. The lowest BCUT2D eigenvalue weighted by Gasteiger charge is -2.30. The number of methoxy groups -OCH3 is 2. The van der Waals surface area contributed by atoms with Crippen molar-refractivity contribution in [2.45, 2.75) is 19.4 Å². The van der Waals surface area contributed by atoms with Gasteiger partial charge in [0.15, 0.2) is 17.3 Å². The molecule has 3 aromatic carbocycles. The molecule has 188 valence electrons. The van der Waals surface area contributed by atoms with Gasteiger partial charge in [0.1, 0.15) is 12.4 Å². The molecule has 1 N–H and O–H groups in total. The first kappa shape index (κ1) is 24.8. The molecule has 0 bridgehead atoms. The predicted molar refractivity (Wildman–Crippen MR) is 140 cm³/mol. The Hall–Kier alpha value is -3.91. The minimum atomic E-state index is -0.729. The smallest absolute Gasteiger partial charge is 0.336 e. The second kappa shape index (κ2) is 9.86. The molecule has 3 aromatic rings. The van der Waals surface area contributed by atoms with Gasteiger partial charge in [-0.1, -0.05) is 58.4 Å². The third kappa shape index (κ3) is 4.21. The lowest BCUT2D eigenvalue weighted by molar-refractivity contribution is -0.136. The van der Waals surface area contributed by atoms with E-state index in [4.69, 9.17) is 14.2 Å². The number of fused-ring (bicyclic) bond motifs is 2. The molecule has 1 aliphatic carbocycles. The van der Waals surface area contributed by atoms with Crippen molar-refractivity contribution in [3.63, 3.8) is 0 Å². The summed E-state index contributed by atoms with van der Waals surface area (Å²) in [6.07, 6.45) is 0. The summed E-state index contributed by atoms with van der Waals surface area (Å²) in [6.45, 7) is 1.78. The minimum absolute atomic E-state index is 0.00230. The molecule has 0 saturated carbocycles. The second-order valence-electron chi connectivity index (χ2n) is 8.66. The van der Waals surface area contributed by atoms with E-state index in [1.807, 2.05) is 18.2 Å². The number of ketones is 1. The van der Waals surface area contributed by atoms with Crippen LogP contribution in [0.3, 0.4) is 0 Å². The van der Waals surface area contributed by atoms with Crippen molar-refractivity contribution in [1.82, 2.24) is 5.32 Å². The molecule has 2 aliphatic rings. The van der Waals surface area contributed by atoms with Gasteiger partial charge in [-0.2, -0.15) is 0 Å². The van der Waals surface area contributed by atoms with Crippen LogP contribution in [0.5, 0.6) is 11.5 Å². The van der Waals surface area contributed by atoms with E-state index in [1.54, 1.807) is 43.3 Å². The molecule has 0 fully saturated rings. The number of dihydropyridines is 1. The number of halogens is 2. The molecule has 1 heterocycles. The topological polar surface area (TPSA) is 73.9 Å². The van der Waals surface area contributed by atoms with E-state index in [-0.39, 0.29) is 18.2 Å². The van der Waals surface area contributed by atoms with Gasteiger partial charge in [-0.05, 0) is 30.7 Å². The van der Waals surface area contributed by atoms with Crippen LogP contribution in [0.4, 0.5) is 4.39 Å². The first-order valence-electron chi connectivity index (χ1n) is 11.5. The molecule has 5 rings (SSSR count). The zero-order chi connectivity index (χ0) is 26.3. The van der Waals surface area contributed by atoms with Crippen molar-refractivity contribution >= 4 is 33.4 Å². The third-order valence-corrected chi connectivity index (χ3v) is 7.28. The zero-order valence-corrected chi connectivity index (χ0v) is 21.9. The molecule has 0 spiro atoms. The third-order valence-electron chi connectivity index (χ3n) is 6.59. The minimum Gasteiger partial charge on any atom is -0.493 e. The van der Waals surface area contributed by atoms with Gasteiger partial charge in [-0.3, -0.25) is 4.79 Å². The Morgan fingerprint density at radius 1 is 1.03 bits per heavy atom. The normalized spacial score (nSPS) is 16.2. The van der Waals surface area contributed by atoms with E-state index < -0.39 is 11.9 Å². The zero-order valence-electron chi connectivity index (χ0n) is 20.4. The number of carbonyl (C=O) groups excluding carboxylic acids is 2. The Kier molecular flexibility index (Phi) is 6.60. The van der Waals surface area contributed by atoms with Crippen LogP contribution >= 0.6 is 15.9 Å². The van der Waals surface area contributed by atoms with E-state index in [0.29, 0.717) is 55.2 Å². The summed E-state index contributed by atoms with van der Waals surface area (Å²) in [4.78, 5) is 26.6. The van der Waals surface area contributed by atoms with Gasteiger partial charge < -0.3 is 19.5 Å². The van der Waals surface area contributed by atoms with Crippen LogP contribution in [0.25, 0.3) is 5.70 Å². The first-order valence-corrected chi connectivity index (χ1v) is 12.3. The van der Waals surface area contributed by atoms with Crippen molar-refractivity contribution in [2.24, 2.45) is 0 Å². The Balaban J connectivity index is 1.62. The van der Waals surface area contributed by atoms with Crippen molar-refractivity contribution in [3.8, 4) is 11.5 Å². The largest absolute Gasteiger partial charge is 0.493 e. The number of esters is 1. The van der Waals surface area contributed by atoms with Crippen LogP contribution in [0.15, 0.2) is 82.0 Å². The number of allylic oxidation sites excluding steroid dienone is 2. The summed E-state index contributed by atoms with van der Waals surface area (Å²) >= 11 is 3.62. The molecule has 37 heavy (non-hydrogen) atoms. The SMILES string of the molecule is COC(=O)C1=C(C)NC2=C(C(=O)c3ccccc32)[C@H]1c1cc(OC)c(OCc2ccccc2F)cc1Br. The molecule has 6 nitrogen and oxygen atoms in total. The molecular weight excluding hydrogens is 541 g/mol. The van der Waals surface area contributed by atoms with Gasteiger partial charge in [0, 0.05) is 32.4 Å². The van der Waals surface area contributed by atoms with E-state index in [2.05, 4.69) is 21.2 Å². The molecular formula is C29H23BrFNO5. The maximum absolute atomic E-state index is 14.1. The Labute approximate surface area is 221 Å². The highest BCUT2D eigenvalue weighted by atomic mass is 79.9. The highest BCUT2D eigenvalue weighted by Crippen LogP contribution is 2.50. The highest BCUT2D eigenvalue weighted by Gasteiger charge is 2.43. The highest BCUT2D eigenvalue weighted by molar-refractivity contribution is 9.10. The number of nitrogens with one attached hydrogen (secondary N) is 1. The molecule has 0 unspecified atom stereocenters. The van der Waals surface area contributed by atoms with Crippen LogP contribution in [0.1, 0.15) is 39.9 Å². The van der Waals surface area contributed by atoms with Gasteiger partial charge in [0.2, 0.25) is 0 Å². The van der Waals surface area contributed by atoms with Gasteiger partial charge >= 0.3 is 5.97 Å². The Morgan fingerprint density at radius 3 is 2.43 bits per heavy atom. The van der Waals surface area contributed by atoms with E-state index >= 15 is 0 Å². The predicted octanol–water partition coefficient (Wildman–Crippen LogP) is 5.92. The Bertz CT molecular complexity index is 1510. The number of Topliss-reactive ketones (excluding diaryl/α,β-unsaturated/α-hetero) is 1. The van der Waals surface area contributed by atoms with E-state index in [1.165, 1.54) is 20.3 Å². The summed E-state index contributed by atoms with van der Waals surface area (Å²) in [5.74, 6) is -1.05. The Morgan fingerprint density at radius 2 is 1.73 bits per heavy atom. The van der Waals surface area contributed by atoms with Crippen LogP contribution < -0.4 is 14.8 Å². The fourth-order valence-electron chi connectivity index (χ4n) is 4.84. The van der Waals surface area contributed by atoms with Crippen LogP contribution in [-0.2, 0) is 16.1 Å². The number of carbonyl (C=O) groups is 2. The van der Waals surface area contributed by atoms with E-state index in [0.717, 1.165) is 5.56 Å². The van der Waals surface area contributed by atoms with Crippen LogP contribution in [0.2, 0.25) is 0 Å². The first-order chi connectivity index (χ1) is 17.8. The number of hydrogen-bond acceptors (Lipinski definition) is 6. The fourth-order valence-corrected chi connectivity index (χ4v) is 5.39. The summed E-state index contributed by atoms with van der Waals surface area (Å²) in [7, 11) is 2.80. The van der Waals surface area contributed by atoms with Gasteiger partial charge in [-0.15, -0.1) is 0 Å². The van der Waals surface area contributed by atoms with Crippen LogP contribution in [-0.4, -0.2) is 26.0 Å². The molecule has 0 amide bonds. The average molecular weight is 564 g/mol. The number of ether oxygens (including phenoxy) is 3. The summed E-state index contributed by atoms with van der Waals surface area (Å²) < 4.78 is 31.3. The fraction of sp³-hybridized carbons (Fsp3) is 0.172. The van der Waals surface area contributed by atoms with Gasteiger partial charge in [-0.25, -0.2) is 9.18 Å². The molecule has 1 atom stereocenters. The maximum Gasteiger partial charge on any atom is 0.336 e. The number of hydrogen-bond donors (Lipinski definition) is 1. The maximum atomic E-state index is 14.1. The van der Waals surface area contributed by atoms with Crippen molar-refractivity contribution in [3.05, 3.63) is 110 Å². The van der Waals surface area contributed by atoms with Gasteiger partial charge in [0.05, 0.1) is 31.4 Å². The van der Waals surface area contributed by atoms with Crippen molar-refractivity contribution < 1.29 is 28.2 Å². The molecule has 1 aliphatic heterocycles. The molecule has 0 saturated heterocycles. The summed E-state index contributed by atoms with van der Waals surface area (Å²) in [5.41, 5.74) is 4.41. The van der Waals surface area contributed by atoms with Crippen molar-refractivity contribution in [2.75, 3.05) is 14.2 Å². The number of rotatable bonds is 6. The summed E-state index contributed by atoms with van der Waals surface area (Å²) in [5, 5.41) is 3.26. The summed E-state index contributed by atoms with van der Waals surface area (Å²) in [6, 6.07) is 17.1. The van der Waals surface area contributed by atoms with Crippen molar-refractivity contribution in [1.29, 1.82) is 0 Å². The molecule has 0 aromatic heterocycles. The molecule has 8 heteroatoms. The second-order valence-corrected chi connectivity index (χ2v) is 9.51. The lowest BCUT2D eigenvalue weighted by Crippen LogP contribution is -2.29. The van der Waals surface area contributed by atoms with E-state index in [9.17, 15) is 14.0 Å². The number of benzene rings is 3. The molecule has 0 radical (unpaired) electrons. The quantitative estimate of drug-likeness (QED) is 0.375. The monoisotopic (exact) mass is 563 g/mol. The average Bonchev–Trinajstić information content (AvgIpc) is 3.18. The van der Waals surface area contributed by atoms with Gasteiger partial charge in [0.25, 0.3) is 0 Å². The standard InChI is InChI=1S/C29H23BrFNO5/c1-15-24(29(34)36-3)25(26-27(32-15)17-9-5-6-10-18(17)28(26)33)19-12-22(35-2)23(13-20(19)30)37-14-16-8-4-7-11-21(16)31/h4-13,25,32H,14H2,1-3H3/t25-/m0/s1. The van der Waals surface area contributed by atoms with Crippen LogP contribution in [0, 0.1) is 5.82 Å².